The maximum atomic E-state index is 12.1. The molecule has 0 fully saturated rings. The average Bonchev–Trinajstić information content (AvgIpc) is 2.03. The van der Waals surface area contributed by atoms with E-state index in [-0.39, 0.29) is 0 Å². The highest BCUT2D eigenvalue weighted by molar-refractivity contribution is 5.33. The number of hydrogen-bond acceptors (Lipinski definition) is 3. The Morgan fingerprint density at radius 3 is 2.46 bits per heavy atom. The first-order valence-corrected chi connectivity index (χ1v) is 3.09. The second-order valence-electron chi connectivity index (χ2n) is 2.13. The van der Waals surface area contributed by atoms with Gasteiger partial charge in [-0.1, -0.05) is 0 Å². The summed E-state index contributed by atoms with van der Waals surface area (Å²) in [6.45, 7) is 0. The Bertz CT molecular complexity index is 337. The quantitative estimate of drug-likeness (QED) is 0.505. The van der Waals surface area contributed by atoms with Crippen LogP contribution in [0.15, 0.2) is 18.3 Å². The van der Waals surface area contributed by atoms with Gasteiger partial charge in [0.2, 0.25) is 0 Å². The van der Waals surface area contributed by atoms with Crippen LogP contribution in [0.5, 0.6) is 0 Å². The molecular weight excluding hydrogens is 189 g/mol. The van der Waals surface area contributed by atoms with Crippen molar-refractivity contribution in [2.75, 3.05) is 0 Å². The minimum Gasteiger partial charge on any atom is -0.358 e. The Morgan fingerprint density at radius 1 is 1.46 bits per heavy atom. The van der Waals surface area contributed by atoms with Crippen molar-refractivity contribution in [2.24, 2.45) is 0 Å². The third-order valence-electron chi connectivity index (χ3n) is 1.27. The molecule has 0 aliphatic carbocycles. The number of nitro groups is 1. The van der Waals surface area contributed by atoms with E-state index in [4.69, 9.17) is 0 Å². The number of alkyl halides is 3. The van der Waals surface area contributed by atoms with Crippen molar-refractivity contribution in [3.63, 3.8) is 0 Å². The first-order valence-electron chi connectivity index (χ1n) is 3.09. The maximum absolute atomic E-state index is 12.1. The van der Waals surface area contributed by atoms with Crippen molar-refractivity contribution in [3.8, 4) is 0 Å². The van der Waals surface area contributed by atoms with Crippen LogP contribution in [0, 0.1) is 10.1 Å². The van der Waals surface area contributed by atoms with Crippen molar-refractivity contribution < 1.29 is 18.1 Å². The predicted octanol–water partition coefficient (Wildman–Crippen LogP) is 2.01. The highest BCUT2D eigenvalue weighted by atomic mass is 19.4. The Labute approximate surface area is 70.2 Å². The van der Waals surface area contributed by atoms with Crippen molar-refractivity contribution in [3.05, 3.63) is 34.0 Å². The molecule has 0 spiro atoms. The summed E-state index contributed by atoms with van der Waals surface area (Å²) in [5.74, 6) is -1.17. The molecule has 70 valence electrons. The summed E-state index contributed by atoms with van der Waals surface area (Å²) in [6, 6.07) is 1.61. The molecule has 0 N–H and O–H groups in total. The van der Waals surface area contributed by atoms with Gasteiger partial charge in [-0.3, -0.25) is 0 Å². The zero-order valence-corrected chi connectivity index (χ0v) is 6.08. The Kier molecular flexibility index (Phi) is 2.18. The predicted molar refractivity (Wildman–Crippen MR) is 35.9 cm³/mol. The third kappa shape index (κ3) is 1.92. The number of nitrogens with zero attached hydrogens (tertiary/aromatic N) is 2. The van der Waals surface area contributed by atoms with Crippen molar-refractivity contribution in [2.45, 2.75) is 6.18 Å². The molecule has 4 nitrogen and oxygen atoms in total. The normalized spacial score (nSPS) is 11.3. The summed E-state index contributed by atoms with van der Waals surface area (Å²) in [7, 11) is 0. The molecule has 1 heterocycles. The summed E-state index contributed by atoms with van der Waals surface area (Å²) in [5.41, 5.74) is -1.33. The average molecular weight is 192 g/mol. The van der Waals surface area contributed by atoms with Gasteiger partial charge < -0.3 is 10.1 Å². The van der Waals surface area contributed by atoms with E-state index in [1.165, 1.54) is 0 Å². The molecule has 0 saturated carbocycles. The van der Waals surface area contributed by atoms with E-state index in [1.807, 2.05) is 0 Å². The summed E-state index contributed by atoms with van der Waals surface area (Å²) in [6.07, 6.45) is -3.80. The van der Waals surface area contributed by atoms with E-state index in [1.54, 1.807) is 0 Å². The summed E-state index contributed by atoms with van der Waals surface area (Å²) in [4.78, 5) is 12.0. The van der Waals surface area contributed by atoms with Gasteiger partial charge in [0.15, 0.2) is 5.56 Å². The van der Waals surface area contributed by atoms with E-state index < -0.39 is 22.5 Å². The zero-order valence-electron chi connectivity index (χ0n) is 6.08. The minimum atomic E-state index is -4.74. The molecule has 0 radical (unpaired) electrons. The lowest BCUT2D eigenvalue weighted by molar-refractivity contribution is -0.392. The lowest BCUT2D eigenvalue weighted by atomic mass is 10.2. The molecule has 0 atom stereocenters. The van der Waals surface area contributed by atoms with Gasteiger partial charge in [-0.15, -0.1) is 0 Å². The van der Waals surface area contributed by atoms with E-state index in [9.17, 15) is 23.3 Å². The van der Waals surface area contributed by atoms with Crippen LogP contribution < -0.4 is 0 Å². The van der Waals surface area contributed by atoms with Crippen LogP contribution in [0.25, 0.3) is 0 Å². The van der Waals surface area contributed by atoms with Gasteiger partial charge in [0, 0.05) is 0 Å². The number of halogens is 3. The molecule has 0 bridgehead atoms. The van der Waals surface area contributed by atoms with Gasteiger partial charge in [-0.05, 0) is 22.0 Å². The van der Waals surface area contributed by atoms with E-state index in [0.717, 1.165) is 12.3 Å². The zero-order chi connectivity index (χ0) is 10.1. The molecule has 1 rings (SSSR count). The van der Waals surface area contributed by atoms with Gasteiger partial charge in [0.1, 0.15) is 6.20 Å². The largest absolute Gasteiger partial charge is 0.424 e. The molecule has 0 aliphatic heterocycles. The summed E-state index contributed by atoms with van der Waals surface area (Å²) >= 11 is 0. The fourth-order valence-corrected chi connectivity index (χ4v) is 0.764. The minimum absolute atomic E-state index is 0.616. The standard InChI is InChI=1S/C6H3F3N2O2/c7-6(8,9)4-2-1-3-10-5(4)11(12)13/h1-3H. The SMILES string of the molecule is O=[N+]([O-])c1ncccc1C(F)(F)F. The highest BCUT2D eigenvalue weighted by Crippen LogP contribution is 2.33. The lowest BCUT2D eigenvalue weighted by Gasteiger charge is -2.04. The second-order valence-corrected chi connectivity index (χ2v) is 2.13. The molecule has 0 unspecified atom stereocenters. The van der Waals surface area contributed by atoms with Crippen LogP contribution in [-0.4, -0.2) is 9.91 Å². The van der Waals surface area contributed by atoms with Gasteiger partial charge in [-0.25, -0.2) is 0 Å². The van der Waals surface area contributed by atoms with Gasteiger partial charge >= 0.3 is 12.0 Å². The topological polar surface area (TPSA) is 56.0 Å². The fraction of sp³-hybridized carbons (Fsp3) is 0.167. The Hall–Kier alpha value is -1.66. The molecular formula is C6H3F3N2O2. The van der Waals surface area contributed by atoms with Crippen LogP contribution in [0.2, 0.25) is 0 Å². The number of pyridine rings is 1. The van der Waals surface area contributed by atoms with E-state index >= 15 is 0 Å². The summed E-state index contributed by atoms with van der Waals surface area (Å²) < 4.78 is 36.2. The van der Waals surface area contributed by atoms with Gasteiger partial charge in [-0.2, -0.15) is 13.2 Å². The van der Waals surface area contributed by atoms with E-state index in [2.05, 4.69) is 4.98 Å². The van der Waals surface area contributed by atoms with Crippen LogP contribution >= 0.6 is 0 Å². The van der Waals surface area contributed by atoms with Crippen molar-refractivity contribution in [1.29, 1.82) is 0 Å². The molecule has 1 aromatic rings. The van der Waals surface area contributed by atoms with Gasteiger partial charge in [0.25, 0.3) is 0 Å². The summed E-state index contributed by atoms with van der Waals surface area (Å²) in [5, 5.41) is 10.1. The highest BCUT2D eigenvalue weighted by Gasteiger charge is 2.38. The van der Waals surface area contributed by atoms with Crippen LogP contribution in [0.4, 0.5) is 19.0 Å². The smallest absolute Gasteiger partial charge is 0.358 e. The number of hydrogen-bond donors (Lipinski definition) is 0. The molecule has 1 aromatic heterocycles. The number of rotatable bonds is 1. The van der Waals surface area contributed by atoms with Crippen LogP contribution in [0.1, 0.15) is 5.56 Å². The molecule has 13 heavy (non-hydrogen) atoms. The van der Waals surface area contributed by atoms with Crippen LogP contribution in [0.3, 0.4) is 0 Å². The Morgan fingerprint density at radius 2 is 2.08 bits per heavy atom. The monoisotopic (exact) mass is 192 g/mol. The second kappa shape index (κ2) is 3.00. The number of aromatic nitrogens is 1. The van der Waals surface area contributed by atoms with E-state index in [0.29, 0.717) is 6.07 Å². The van der Waals surface area contributed by atoms with Gasteiger partial charge in [0.05, 0.1) is 0 Å². The van der Waals surface area contributed by atoms with Crippen LogP contribution in [-0.2, 0) is 6.18 Å². The fourth-order valence-electron chi connectivity index (χ4n) is 0.764. The first kappa shape index (κ1) is 9.43. The van der Waals surface area contributed by atoms with Crippen molar-refractivity contribution >= 4 is 5.82 Å². The molecule has 7 heteroatoms. The lowest BCUT2D eigenvalue weighted by Crippen LogP contribution is -2.09. The molecule has 0 amide bonds. The third-order valence-corrected chi connectivity index (χ3v) is 1.27. The van der Waals surface area contributed by atoms with Crippen molar-refractivity contribution in [1.82, 2.24) is 4.98 Å². The maximum Gasteiger partial charge on any atom is 0.424 e. The first-order chi connectivity index (χ1) is 5.93. The molecule has 0 aliphatic rings. The molecule has 0 saturated heterocycles. The Balaban J connectivity index is 3.28. The molecule has 0 aromatic carbocycles.